The number of hydrogen-bond donors (Lipinski definition) is 3. The van der Waals surface area contributed by atoms with Gasteiger partial charge in [-0.1, -0.05) is 42.7 Å². The Morgan fingerprint density at radius 3 is 2.29 bits per heavy atom. The lowest BCUT2D eigenvalue weighted by molar-refractivity contribution is -0.112. The van der Waals surface area contributed by atoms with Crippen LogP contribution in [0.2, 0.25) is 0 Å². The van der Waals surface area contributed by atoms with Gasteiger partial charge in [-0.25, -0.2) is 9.69 Å². The second-order valence-electron chi connectivity index (χ2n) is 9.20. The maximum atomic E-state index is 14.2. The van der Waals surface area contributed by atoms with E-state index >= 15 is 0 Å². The third-order valence-electron chi connectivity index (χ3n) is 6.06. The fourth-order valence-electron chi connectivity index (χ4n) is 4.02. The number of rotatable bonds is 12. The summed E-state index contributed by atoms with van der Waals surface area (Å²) in [5, 5.41) is 15.5. The number of carbonyl (C=O) groups is 2. The first kappa shape index (κ1) is 36.0. The lowest BCUT2D eigenvalue weighted by Crippen LogP contribution is -2.27. The quantitative estimate of drug-likeness (QED) is 0.0767. The van der Waals surface area contributed by atoms with Gasteiger partial charge < -0.3 is 16.5 Å². The highest BCUT2D eigenvalue weighted by atomic mass is 19.4. The van der Waals surface area contributed by atoms with E-state index in [0.717, 1.165) is 24.3 Å². The molecule has 0 saturated heterocycles. The predicted molar refractivity (Wildman–Crippen MR) is 158 cm³/mol. The molecule has 0 spiro atoms. The Morgan fingerprint density at radius 2 is 1.78 bits per heavy atom. The number of aromatic nitrogens is 2. The summed E-state index contributed by atoms with van der Waals surface area (Å²) in [6.07, 6.45) is -4.18. The van der Waals surface area contributed by atoms with E-state index in [-0.39, 0.29) is 28.5 Å². The van der Waals surface area contributed by atoms with Gasteiger partial charge in [-0.15, -0.1) is 0 Å². The molecule has 1 aromatic carbocycles. The van der Waals surface area contributed by atoms with E-state index in [9.17, 15) is 35.9 Å². The van der Waals surface area contributed by atoms with Crippen LogP contribution in [0.3, 0.4) is 0 Å². The van der Waals surface area contributed by atoms with Crippen molar-refractivity contribution in [3.63, 3.8) is 0 Å². The second kappa shape index (κ2) is 15.0. The van der Waals surface area contributed by atoms with Crippen LogP contribution in [-0.2, 0) is 6.54 Å². The molecule has 0 aliphatic carbocycles. The molecule has 2 rings (SSSR count). The van der Waals surface area contributed by atoms with Crippen LogP contribution in [0, 0.1) is 6.92 Å². The van der Waals surface area contributed by atoms with E-state index in [1.54, 1.807) is 19.9 Å². The lowest BCUT2D eigenvalue weighted by Gasteiger charge is -2.20. The summed E-state index contributed by atoms with van der Waals surface area (Å²) in [7, 11) is 0. The zero-order valence-electron chi connectivity index (χ0n) is 24.8. The highest BCUT2D eigenvalue weighted by Gasteiger charge is 2.39. The number of benzene rings is 1. The number of nitrogens with one attached hydrogen (secondary N) is 2. The fraction of sp³-hybridized carbons (Fsp3) is 0.276. The maximum absolute atomic E-state index is 14.2. The zero-order chi connectivity index (χ0) is 34.1. The van der Waals surface area contributed by atoms with Gasteiger partial charge in [0.25, 0.3) is 11.8 Å². The minimum Gasteiger partial charge on any atom is -0.352 e. The van der Waals surface area contributed by atoms with E-state index in [0.29, 0.717) is 15.8 Å². The van der Waals surface area contributed by atoms with Crippen molar-refractivity contribution in [1.82, 2.24) is 20.1 Å². The Balaban J connectivity index is 2.82. The van der Waals surface area contributed by atoms with Gasteiger partial charge in [-0.3, -0.25) is 9.59 Å². The van der Waals surface area contributed by atoms with Crippen LogP contribution in [-0.4, -0.2) is 45.5 Å². The Bertz CT molecular complexity index is 1570. The van der Waals surface area contributed by atoms with E-state index in [1.165, 1.54) is 32.1 Å². The van der Waals surface area contributed by atoms with Gasteiger partial charge in [0.15, 0.2) is 0 Å². The molecule has 1 aromatic heterocycles. The van der Waals surface area contributed by atoms with E-state index in [1.807, 2.05) is 0 Å². The van der Waals surface area contributed by atoms with E-state index in [2.05, 4.69) is 39.3 Å². The number of anilines is 1. The van der Waals surface area contributed by atoms with Crippen LogP contribution >= 0.6 is 0 Å². The summed E-state index contributed by atoms with van der Waals surface area (Å²) in [5.41, 5.74) is -3.11. The number of alkyl halides is 6. The number of nitrogens with zero attached hydrogens (tertiary/aromatic N) is 5. The normalized spacial score (nSPS) is 12.9. The molecule has 242 valence electrons. The molecule has 0 unspecified atom stereocenters. The summed E-state index contributed by atoms with van der Waals surface area (Å²) in [6, 6.07) is 4.05. The molecule has 0 fully saturated rings. The fourth-order valence-corrected chi connectivity index (χ4v) is 4.02. The number of nitrogens with two attached hydrogens (primary N) is 1. The van der Waals surface area contributed by atoms with Gasteiger partial charge >= 0.3 is 12.4 Å². The van der Waals surface area contributed by atoms with E-state index in [4.69, 9.17) is 5.84 Å². The maximum Gasteiger partial charge on any atom is 0.432 e. The minimum absolute atomic E-state index is 0.0392. The number of hydrogen-bond acceptors (Lipinski definition) is 5. The van der Waals surface area contributed by atoms with Gasteiger partial charge in [0.2, 0.25) is 0 Å². The van der Waals surface area contributed by atoms with Crippen molar-refractivity contribution >= 4 is 29.3 Å². The van der Waals surface area contributed by atoms with Crippen molar-refractivity contribution in [2.75, 3.05) is 11.9 Å². The van der Waals surface area contributed by atoms with Crippen LogP contribution in [0.4, 0.5) is 32.0 Å². The largest absolute Gasteiger partial charge is 0.432 e. The molecule has 2 amide bonds. The topological polar surface area (TPSA) is 130 Å². The van der Waals surface area contributed by atoms with Gasteiger partial charge in [-0.05, 0) is 68.3 Å². The highest BCUT2D eigenvalue weighted by Crippen LogP contribution is 2.35. The van der Waals surface area contributed by atoms with Crippen molar-refractivity contribution in [3.8, 4) is 0 Å². The van der Waals surface area contributed by atoms with Crippen LogP contribution in [0.5, 0.6) is 0 Å². The summed E-state index contributed by atoms with van der Waals surface area (Å²) in [4.78, 5) is 26.6. The molecule has 0 radical (unpaired) electrons. The Morgan fingerprint density at radius 1 is 1.11 bits per heavy atom. The van der Waals surface area contributed by atoms with Crippen LogP contribution in [0.25, 0.3) is 11.8 Å². The van der Waals surface area contributed by atoms with Crippen molar-refractivity contribution < 1.29 is 35.9 Å². The van der Waals surface area contributed by atoms with Gasteiger partial charge in [-0.2, -0.15) is 31.4 Å². The molecule has 0 aliphatic rings. The average molecular weight is 639 g/mol. The van der Waals surface area contributed by atoms with E-state index < -0.39 is 53.4 Å². The third kappa shape index (κ3) is 8.93. The standard InChI is InChI=1S/C29H32F6N8O2/c1-7-11-12-22(29(33,34)35)23(9-3)43-24(15-20(39-43)16-42(41-40-36)18(6)28(30,31)32)27(45)38-25-17(5)13-19(8-2)14-21(25)26(44)37-10-4/h7-9,11-15H,2,6,10,16H2,1,3-5H3,(H2,36,41)(H,37,44)(H,38,45)/b11-7-,22-12+,23-9?. The molecule has 0 atom stereocenters. The molecule has 45 heavy (non-hydrogen) atoms. The number of halogens is 6. The molecular weight excluding hydrogens is 606 g/mol. The van der Waals surface area contributed by atoms with Crippen molar-refractivity contribution in [3.05, 3.63) is 95.0 Å². The molecule has 10 nitrogen and oxygen atoms in total. The number of aryl methyl sites for hydroxylation is 1. The number of carbonyl (C=O) groups excluding carboxylic acids is 2. The smallest absolute Gasteiger partial charge is 0.352 e. The Labute approximate surface area is 255 Å². The predicted octanol–water partition coefficient (Wildman–Crippen LogP) is 6.88. The summed E-state index contributed by atoms with van der Waals surface area (Å²) in [6.45, 7) is 12.1. The molecule has 2 aromatic rings. The number of allylic oxidation sites excluding steroid dienone is 7. The first-order valence-corrected chi connectivity index (χ1v) is 13.2. The highest BCUT2D eigenvalue weighted by molar-refractivity contribution is 6.09. The SMILES string of the molecule is C=Cc1cc(C)c(NC(=O)c2cc(CN(/N=N\N)C(=C)C(F)(F)F)nn2C(=CC)/C(=C\C=C/C)C(F)(F)F)c(C(=O)NCC)c1. The van der Waals surface area contributed by atoms with Crippen molar-refractivity contribution in [2.24, 2.45) is 16.3 Å². The van der Waals surface area contributed by atoms with Gasteiger partial charge in [0.05, 0.1) is 34.8 Å². The summed E-state index contributed by atoms with van der Waals surface area (Å²) < 4.78 is 83.5. The molecule has 1 heterocycles. The van der Waals surface area contributed by atoms with Crippen molar-refractivity contribution in [1.29, 1.82) is 0 Å². The number of amides is 2. The second-order valence-corrected chi connectivity index (χ2v) is 9.20. The molecule has 0 bridgehead atoms. The average Bonchev–Trinajstić information content (AvgIpc) is 3.37. The van der Waals surface area contributed by atoms with Crippen LogP contribution in [0.15, 0.2) is 77.4 Å². The van der Waals surface area contributed by atoms with Crippen molar-refractivity contribution in [2.45, 2.75) is 46.6 Å². The molecule has 0 aliphatic heterocycles. The molecule has 16 heteroatoms. The van der Waals surface area contributed by atoms with Gasteiger partial charge in [0.1, 0.15) is 11.4 Å². The Kier molecular flexibility index (Phi) is 12.0. The zero-order valence-corrected chi connectivity index (χ0v) is 24.8. The van der Waals surface area contributed by atoms with Crippen LogP contribution < -0.4 is 16.5 Å². The summed E-state index contributed by atoms with van der Waals surface area (Å²) in [5.74, 6) is 3.39. The minimum atomic E-state index is -4.98. The Hall–Kier alpha value is -5.15. The molecule has 4 N–H and O–H groups in total. The van der Waals surface area contributed by atoms with Gasteiger partial charge in [0, 0.05) is 6.54 Å². The van der Waals surface area contributed by atoms with Crippen LogP contribution in [0.1, 0.15) is 58.4 Å². The molecular formula is C29H32F6N8O2. The first-order valence-electron chi connectivity index (χ1n) is 13.2. The lowest BCUT2D eigenvalue weighted by atomic mass is 10.0. The third-order valence-corrected chi connectivity index (χ3v) is 6.06. The summed E-state index contributed by atoms with van der Waals surface area (Å²) >= 11 is 0. The monoisotopic (exact) mass is 638 g/mol. The first-order chi connectivity index (χ1) is 21.0. The molecule has 0 saturated carbocycles.